The van der Waals surface area contributed by atoms with Crippen LogP contribution >= 0.6 is 0 Å². The van der Waals surface area contributed by atoms with Crippen LogP contribution in [0.1, 0.15) is 0 Å². The van der Waals surface area contributed by atoms with Crippen molar-refractivity contribution < 1.29 is 148 Å². The van der Waals surface area contributed by atoms with E-state index >= 15 is 0 Å². The zero-order valence-electron chi connectivity index (χ0n) is 9.44. The van der Waals surface area contributed by atoms with Gasteiger partial charge in [-0.15, -0.1) is 11.5 Å². The molecule has 2 aromatic carbocycles. The number of benzene rings is 2. The third-order valence-corrected chi connectivity index (χ3v) is 2.04. The Kier molecular flexibility index (Phi) is 10.3. The van der Waals surface area contributed by atoms with Crippen LogP contribution in [0.5, 0.6) is 11.5 Å². The van der Waals surface area contributed by atoms with Gasteiger partial charge in [0, 0.05) is 0 Å². The Hall–Kier alpha value is 2.14. The van der Waals surface area contributed by atoms with E-state index in [9.17, 15) is 10.2 Å². The second kappa shape index (κ2) is 9.11. The molecule has 0 heterocycles. The van der Waals surface area contributed by atoms with Crippen LogP contribution in [0.25, 0.3) is 11.1 Å². The first-order chi connectivity index (χ1) is 6.75. The van der Waals surface area contributed by atoms with E-state index in [1.807, 2.05) is 0 Å². The third-order valence-electron chi connectivity index (χ3n) is 2.04. The second-order valence-electron chi connectivity index (χ2n) is 3.05. The summed E-state index contributed by atoms with van der Waals surface area (Å²) in [6.07, 6.45) is 0. The van der Waals surface area contributed by atoms with Crippen molar-refractivity contribution >= 4 is 0 Å². The fourth-order valence-electron chi connectivity index (χ4n) is 1.29. The molecule has 0 aliphatic heterocycles. The molecule has 0 radical (unpaired) electrons. The summed E-state index contributed by atoms with van der Waals surface area (Å²) in [5.74, 6) is -0.0107. The van der Waals surface area contributed by atoms with Crippen LogP contribution in [-0.2, 0) is 0 Å². The molecule has 0 bridgehead atoms. The van der Waals surface area contributed by atoms with Gasteiger partial charge in [-0.1, -0.05) is 48.5 Å². The van der Waals surface area contributed by atoms with Crippen molar-refractivity contribution in [3.05, 3.63) is 48.5 Å². The molecule has 2 nitrogen and oxygen atoms in total. The molecule has 0 aliphatic carbocycles. The van der Waals surface area contributed by atoms with Crippen molar-refractivity contribution in [3.63, 3.8) is 0 Å². The Bertz CT molecular complexity index is 380. The molecule has 16 heavy (non-hydrogen) atoms. The van der Waals surface area contributed by atoms with E-state index in [-0.39, 0.29) is 149 Å². The number of rotatable bonds is 1. The Morgan fingerprint density at radius 3 is 1.00 bits per heavy atom. The summed E-state index contributed by atoms with van der Waals surface area (Å²) < 4.78 is 0. The first kappa shape index (κ1) is 18.1. The predicted octanol–water partition coefficient (Wildman–Crippen LogP) is -4.49. The molecule has 70 valence electrons. The van der Waals surface area contributed by atoms with Crippen LogP contribution in [0.15, 0.2) is 48.5 Å². The predicted molar refractivity (Wildman–Crippen MR) is 50.8 cm³/mol. The van der Waals surface area contributed by atoms with Crippen molar-refractivity contribution in [1.29, 1.82) is 0 Å². The van der Waals surface area contributed by atoms with Gasteiger partial charge >= 0.3 is 138 Å². The average Bonchev–Trinajstić information content (AvgIpc) is 2.21. The molecule has 0 N–H and O–H groups in total. The summed E-state index contributed by atoms with van der Waals surface area (Å²) in [6.45, 7) is 0. The van der Waals surface area contributed by atoms with Gasteiger partial charge in [0.1, 0.15) is 0 Å². The molecule has 0 saturated heterocycles. The Morgan fingerprint density at radius 2 is 0.750 bits per heavy atom. The quantitative estimate of drug-likeness (QED) is 0.441. The fourth-order valence-corrected chi connectivity index (χ4v) is 1.29. The fraction of sp³-hybridized carbons (Fsp3) is 0. The molecule has 0 unspecified atom stereocenters. The average molecular weight is 450 g/mol. The van der Waals surface area contributed by atoms with Gasteiger partial charge in [-0.05, 0) is 11.1 Å². The summed E-state index contributed by atoms with van der Waals surface area (Å²) in [5.41, 5.74) is 1.90. The molecule has 4 heteroatoms. The molecular weight excluding hydrogens is 442 g/mol. The maximum absolute atomic E-state index is 10.9. The van der Waals surface area contributed by atoms with E-state index < -0.39 is 0 Å². The summed E-state index contributed by atoms with van der Waals surface area (Å²) in [5, 5.41) is 21.7. The van der Waals surface area contributed by atoms with Gasteiger partial charge in [0.2, 0.25) is 0 Å². The van der Waals surface area contributed by atoms with Gasteiger partial charge in [0.05, 0.1) is 0 Å². The Labute approximate surface area is 213 Å². The molecule has 0 spiro atoms. The second-order valence-corrected chi connectivity index (χ2v) is 3.05. The van der Waals surface area contributed by atoms with Crippen molar-refractivity contribution in [3.8, 4) is 22.6 Å². The molecule has 0 aromatic heterocycles. The van der Waals surface area contributed by atoms with Crippen LogP contribution in [0.3, 0.4) is 0 Å². The van der Waals surface area contributed by atoms with Crippen molar-refractivity contribution in [2.75, 3.05) is 0 Å². The van der Waals surface area contributed by atoms with Crippen LogP contribution in [0, 0.1) is 0 Å². The first-order valence-electron chi connectivity index (χ1n) is 4.30. The molecule has 2 aromatic rings. The topological polar surface area (TPSA) is 46.1 Å². The van der Waals surface area contributed by atoms with Crippen LogP contribution in [0.2, 0.25) is 0 Å². The number of hydrogen-bond donors (Lipinski definition) is 0. The molecule has 0 fully saturated rings. The van der Waals surface area contributed by atoms with Gasteiger partial charge in [0.25, 0.3) is 0 Å². The SMILES string of the molecule is [Cs+].[Cs+].[O-]c1ccc(-c2ccc([O-])cc2)cc1. The third kappa shape index (κ3) is 5.42. The van der Waals surface area contributed by atoms with Crippen molar-refractivity contribution in [2.45, 2.75) is 0 Å². The van der Waals surface area contributed by atoms with Crippen LogP contribution < -0.4 is 148 Å². The minimum absolute atomic E-state index is 0. The van der Waals surface area contributed by atoms with E-state index in [0.29, 0.717) is 0 Å². The first-order valence-corrected chi connectivity index (χ1v) is 4.30. The van der Waals surface area contributed by atoms with Crippen LogP contribution in [-0.4, -0.2) is 0 Å². The molecule has 0 atom stereocenters. The van der Waals surface area contributed by atoms with E-state index in [0.717, 1.165) is 11.1 Å². The number of hydrogen-bond acceptors (Lipinski definition) is 2. The van der Waals surface area contributed by atoms with E-state index in [2.05, 4.69) is 0 Å². The van der Waals surface area contributed by atoms with Gasteiger partial charge in [0.15, 0.2) is 0 Å². The zero-order chi connectivity index (χ0) is 9.97. The van der Waals surface area contributed by atoms with Crippen molar-refractivity contribution in [2.24, 2.45) is 0 Å². The molecular formula is C12H8Cs2O2. The van der Waals surface area contributed by atoms with Gasteiger partial charge in [-0.3, -0.25) is 0 Å². The van der Waals surface area contributed by atoms with E-state index in [1.165, 1.54) is 24.3 Å². The van der Waals surface area contributed by atoms with Crippen LogP contribution in [0.4, 0.5) is 0 Å². The largest absolute Gasteiger partial charge is 1.00 e. The minimum atomic E-state index is -0.00537. The van der Waals surface area contributed by atoms with E-state index in [1.54, 1.807) is 24.3 Å². The summed E-state index contributed by atoms with van der Waals surface area (Å²) in [4.78, 5) is 0. The minimum Gasteiger partial charge on any atom is -0.872 e. The molecule has 0 aliphatic rings. The summed E-state index contributed by atoms with van der Waals surface area (Å²) >= 11 is 0. The Balaban J connectivity index is 0.00000112. The summed E-state index contributed by atoms with van der Waals surface area (Å²) in [6, 6.07) is 13.1. The maximum Gasteiger partial charge on any atom is 1.00 e. The standard InChI is InChI=1S/C12H10O2.2Cs/c13-11-5-1-9(2-6-11)10-3-7-12(14)8-4-10;;/h1-8,13-14H;;/q;2*+1/p-2. The molecule has 0 amide bonds. The van der Waals surface area contributed by atoms with Crippen molar-refractivity contribution in [1.82, 2.24) is 0 Å². The van der Waals surface area contributed by atoms with Gasteiger partial charge in [-0.25, -0.2) is 0 Å². The normalized spacial score (nSPS) is 8.75. The monoisotopic (exact) mass is 450 g/mol. The molecule has 2 rings (SSSR count). The maximum atomic E-state index is 10.9. The Morgan fingerprint density at radius 1 is 0.500 bits per heavy atom. The van der Waals surface area contributed by atoms with Gasteiger partial charge < -0.3 is 10.2 Å². The van der Waals surface area contributed by atoms with Gasteiger partial charge in [-0.2, -0.15) is 0 Å². The molecule has 0 saturated carbocycles. The summed E-state index contributed by atoms with van der Waals surface area (Å²) in [7, 11) is 0. The smallest absolute Gasteiger partial charge is 0.872 e. The zero-order valence-corrected chi connectivity index (χ0v) is 22.0. The van der Waals surface area contributed by atoms with E-state index in [4.69, 9.17) is 0 Å².